The topological polar surface area (TPSA) is 57.3 Å². The number of nitrogens with one attached hydrogen (secondary N) is 2. The first-order chi connectivity index (χ1) is 12.2. The Morgan fingerprint density at radius 2 is 1.80 bits per heavy atom. The van der Waals surface area contributed by atoms with Crippen molar-refractivity contribution < 1.29 is 4.79 Å². The first kappa shape index (κ1) is 17.3. The van der Waals surface area contributed by atoms with Crippen molar-refractivity contribution in [3.8, 4) is 0 Å². The lowest BCUT2D eigenvalue weighted by Gasteiger charge is -2.32. The van der Waals surface area contributed by atoms with E-state index in [4.69, 9.17) is 0 Å². The van der Waals surface area contributed by atoms with E-state index in [9.17, 15) is 4.79 Å². The molecule has 0 saturated carbocycles. The van der Waals surface area contributed by atoms with Crippen molar-refractivity contribution >= 4 is 17.3 Å². The Bertz CT molecular complexity index is 664. The lowest BCUT2D eigenvalue weighted by atomic mass is 9.99. The highest BCUT2D eigenvalue weighted by Gasteiger charge is 2.15. The Morgan fingerprint density at radius 1 is 1.12 bits per heavy atom. The van der Waals surface area contributed by atoms with Crippen LogP contribution >= 0.6 is 0 Å². The van der Waals surface area contributed by atoms with Gasteiger partial charge in [-0.3, -0.25) is 9.78 Å². The third kappa shape index (κ3) is 5.21. The van der Waals surface area contributed by atoms with Gasteiger partial charge in [0.25, 0.3) is 0 Å². The van der Waals surface area contributed by atoms with Gasteiger partial charge in [-0.25, -0.2) is 0 Å². The van der Waals surface area contributed by atoms with E-state index in [2.05, 4.69) is 39.6 Å². The van der Waals surface area contributed by atoms with E-state index in [1.165, 1.54) is 18.5 Å². The summed E-state index contributed by atoms with van der Waals surface area (Å²) in [7, 11) is 0. The summed E-state index contributed by atoms with van der Waals surface area (Å²) in [6.45, 7) is 5.38. The molecule has 1 aliphatic rings. The first-order valence-corrected chi connectivity index (χ1v) is 8.95. The first-order valence-electron chi connectivity index (χ1n) is 8.95. The second-order valence-electron chi connectivity index (χ2n) is 6.70. The maximum Gasteiger partial charge on any atom is 0.239 e. The van der Waals surface area contributed by atoms with Crippen molar-refractivity contribution in [2.45, 2.75) is 26.3 Å². The number of anilines is 2. The summed E-state index contributed by atoms with van der Waals surface area (Å²) in [5.74, 6) is 0.814. The van der Waals surface area contributed by atoms with E-state index in [0.29, 0.717) is 6.54 Å². The molecule has 0 spiro atoms. The van der Waals surface area contributed by atoms with Crippen molar-refractivity contribution in [3.05, 3.63) is 54.4 Å². The largest absolute Gasteiger partial charge is 0.376 e. The van der Waals surface area contributed by atoms with Gasteiger partial charge in [0.15, 0.2) is 0 Å². The van der Waals surface area contributed by atoms with Gasteiger partial charge in [-0.15, -0.1) is 0 Å². The highest BCUT2D eigenvalue weighted by atomic mass is 16.1. The summed E-state index contributed by atoms with van der Waals surface area (Å²) in [5, 5.41) is 6.07. The Labute approximate surface area is 149 Å². The molecule has 0 atom stereocenters. The molecule has 0 bridgehead atoms. The molecule has 1 aromatic heterocycles. The second-order valence-corrected chi connectivity index (χ2v) is 6.70. The summed E-state index contributed by atoms with van der Waals surface area (Å²) < 4.78 is 0. The average Bonchev–Trinajstić information content (AvgIpc) is 2.67. The molecular weight excluding hydrogens is 312 g/mol. The molecule has 1 saturated heterocycles. The Kier molecular flexibility index (Phi) is 5.88. The van der Waals surface area contributed by atoms with Gasteiger partial charge in [-0.05, 0) is 60.7 Å². The van der Waals surface area contributed by atoms with E-state index in [0.717, 1.165) is 30.3 Å². The van der Waals surface area contributed by atoms with Crippen LogP contribution in [-0.2, 0) is 11.3 Å². The molecule has 2 heterocycles. The van der Waals surface area contributed by atoms with Crippen molar-refractivity contribution in [1.29, 1.82) is 0 Å². The maximum absolute atomic E-state index is 11.9. The molecule has 25 heavy (non-hydrogen) atoms. The van der Waals surface area contributed by atoms with Crippen LogP contribution in [0.15, 0.2) is 48.8 Å². The minimum absolute atomic E-state index is 0.0223. The molecule has 1 fully saturated rings. The second kappa shape index (κ2) is 8.51. The van der Waals surface area contributed by atoms with Gasteiger partial charge in [0.05, 0.1) is 6.54 Å². The highest BCUT2D eigenvalue weighted by molar-refractivity contribution is 5.80. The molecule has 5 nitrogen and oxygen atoms in total. The van der Waals surface area contributed by atoms with E-state index < -0.39 is 0 Å². The monoisotopic (exact) mass is 338 g/mol. The molecule has 5 heteroatoms. The molecule has 0 unspecified atom stereocenters. The molecule has 0 aliphatic carbocycles. The fraction of sp³-hybridized carbons (Fsp3) is 0.400. The number of carbonyl (C=O) groups is 1. The van der Waals surface area contributed by atoms with Crippen LogP contribution < -0.4 is 15.5 Å². The average molecular weight is 338 g/mol. The molecule has 0 radical (unpaired) electrons. The smallest absolute Gasteiger partial charge is 0.239 e. The molecule has 2 aromatic rings. The Hall–Kier alpha value is -2.56. The van der Waals surface area contributed by atoms with Gasteiger partial charge in [-0.1, -0.05) is 6.92 Å². The predicted octanol–water partition coefficient (Wildman–Crippen LogP) is 3.05. The van der Waals surface area contributed by atoms with Crippen LogP contribution in [0.2, 0.25) is 0 Å². The lowest BCUT2D eigenvalue weighted by molar-refractivity contribution is -0.119. The zero-order valence-electron chi connectivity index (χ0n) is 14.7. The number of rotatable bonds is 6. The van der Waals surface area contributed by atoms with Crippen LogP contribution in [0.25, 0.3) is 0 Å². The zero-order chi connectivity index (χ0) is 17.5. The fourth-order valence-corrected chi connectivity index (χ4v) is 3.00. The maximum atomic E-state index is 11.9. The van der Waals surface area contributed by atoms with Gasteiger partial charge in [0, 0.05) is 43.4 Å². The van der Waals surface area contributed by atoms with Crippen molar-refractivity contribution in [3.63, 3.8) is 0 Å². The molecule has 3 rings (SSSR count). The van der Waals surface area contributed by atoms with Crippen LogP contribution in [0, 0.1) is 5.92 Å². The number of hydrogen-bond donors (Lipinski definition) is 2. The quantitative estimate of drug-likeness (QED) is 0.850. The SMILES string of the molecule is CC1CCN(c2ccc(NCC(=O)NCc3ccncc3)cc2)CC1. The summed E-state index contributed by atoms with van der Waals surface area (Å²) in [6, 6.07) is 12.1. The van der Waals surface area contributed by atoms with Crippen molar-refractivity contribution in [2.24, 2.45) is 5.92 Å². The number of amides is 1. The number of benzene rings is 1. The highest BCUT2D eigenvalue weighted by Crippen LogP contribution is 2.24. The molecule has 2 N–H and O–H groups in total. The van der Waals surface area contributed by atoms with Crippen LogP contribution in [-0.4, -0.2) is 30.5 Å². The van der Waals surface area contributed by atoms with Crippen LogP contribution in [0.4, 0.5) is 11.4 Å². The lowest BCUT2D eigenvalue weighted by Crippen LogP contribution is -2.32. The van der Waals surface area contributed by atoms with E-state index in [1.54, 1.807) is 12.4 Å². The molecule has 1 amide bonds. The summed E-state index contributed by atoms with van der Waals surface area (Å²) >= 11 is 0. The summed E-state index contributed by atoms with van der Waals surface area (Å²) in [5.41, 5.74) is 3.27. The standard InChI is InChI=1S/C20H26N4O/c1-16-8-12-24(13-9-16)19-4-2-18(3-5-19)22-15-20(25)23-14-17-6-10-21-11-7-17/h2-7,10-11,16,22H,8-9,12-15H2,1H3,(H,23,25). The Morgan fingerprint density at radius 3 is 2.48 bits per heavy atom. The third-order valence-corrected chi connectivity index (χ3v) is 4.71. The fourth-order valence-electron chi connectivity index (χ4n) is 3.00. The van der Waals surface area contributed by atoms with E-state index >= 15 is 0 Å². The van der Waals surface area contributed by atoms with Crippen LogP contribution in [0.3, 0.4) is 0 Å². The van der Waals surface area contributed by atoms with Crippen LogP contribution in [0.1, 0.15) is 25.3 Å². The van der Waals surface area contributed by atoms with Gasteiger partial charge >= 0.3 is 0 Å². The number of piperidine rings is 1. The minimum atomic E-state index is -0.0223. The third-order valence-electron chi connectivity index (χ3n) is 4.71. The molecule has 1 aliphatic heterocycles. The number of aromatic nitrogens is 1. The van der Waals surface area contributed by atoms with E-state index in [1.807, 2.05) is 24.3 Å². The number of carbonyl (C=O) groups excluding carboxylic acids is 1. The van der Waals surface area contributed by atoms with E-state index in [-0.39, 0.29) is 12.5 Å². The molecule has 1 aromatic carbocycles. The molecule has 132 valence electrons. The Balaban J connectivity index is 1.43. The number of hydrogen-bond acceptors (Lipinski definition) is 4. The number of pyridine rings is 1. The summed E-state index contributed by atoms with van der Waals surface area (Å²) in [6.07, 6.45) is 5.98. The normalized spacial score (nSPS) is 15.0. The van der Waals surface area contributed by atoms with Crippen molar-refractivity contribution in [1.82, 2.24) is 10.3 Å². The van der Waals surface area contributed by atoms with Crippen molar-refractivity contribution in [2.75, 3.05) is 29.9 Å². The van der Waals surface area contributed by atoms with Gasteiger partial charge in [0.2, 0.25) is 5.91 Å². The predicted molar refractivity (Wildman–Crippen MR) is 102 cm³/mol. The molecular formula is C20H26N4O. The van der Waals surface area contributed by atoms with Gasteiger partial charge in [-0.2, -0.15) is 0 Å². The minimum Gasteiger partial charge on any atom is -0.376 e. The zero-order valence-corrected chi connectivity index (χ0v) is 14.7. The van der Waals surface area contributed by atoms with Crippen LogP contribution in [0.5, 0.6) is 0 Å². The number of nitrogens with zero attached hydrogens (tertiary/aromatic N) is 2. The van der Waals surface area contributed by atoms with Gasteiger partial charge < -0.3 is 15.5 Å². The van der Waals surface area contributed by atoms with Gasteiger partial charge in [0.1, 0.15) is 0 Å². The summed E-state index contributed by atoms with van der Waals surface area (Å²) in [4.78, 5) is 18.3.